The zero-order chi connectivity index (χ0) is 23.8. The molecule has 6 nitrogen and oxygen atoms in total. The lowest BCUT2D eigenvalue weighted by Gasteiger charge is -2.18. The van der Waals surface area contributed by atoms with Gasteiger partial charge in [-0.15, -0.1) is 0 Å². The van der Waals surface area contributed by atoms with Crippen LogP contribution in [0.25, 0.3) is 0 Å². The Kier molecular flexibility index (Phi) is 8.49. The first kappa shape index (κ1) is 24.8. The molecule has 0 atom stereocenters. The number of anilines is 1. The maximum absolute atomic E-state index is 12.8. The van der Waals surface area contributed by atoms with Crippen LogP contribution in [0.4, 0.5) is 5.69 Å². The summed E-state index contributed by atoms with van der Waals surface area (Å²) in [6, 6.07) is 20.6. The molecule has 3 aromatic carbocycles. The van der Waals surface area contributed by atoms with E-state index in [1.165, 1.54) is 23.8 Å². The standard InChI is InChI=1S/C25H28ClN3O3S/c1-3-29(4-2)18-20-14-12-19(13-15-20)17-27-25(30)21-8-7-9-22(16-21)33(31,32)28-24-11-6-5-10-23(24)26/h5-16,28H,3-4,17-18H2,1-2H3,(H,27,30). The Morgan fingerprint density at radius 2 is 1.58 bits per heavy atom. The van der Waals surface area contributed by atoms with Crippen LogP contribution in [0.2, 0.25) is 5.02 Å². The topological polar surface area (TPSA) is 78.5 Å². The molecule has 0 heterocycles. The second-order valence-electron chi connectivity index (χ2n) is 7.57. The zero-order valence-corrected chi connectivity index (χ0v) is 20.3. The number of rotatable bonds is 10. The average molecular weight is 486 g/mol. The Bertz CT molecular complexity index is 1190. The Labute approximate surface area is 200 Å². The number of carbonyl (C=O) groups excluding carboxylic acids is 1. The number of halogens is 1. The molecule has 0 bridgehead atoms. The summed E-state index contributed by atoms with van der Waals surface area (Å²) in [5.74, 6) is -0.350. The highest BCUT2D eigenvalue weighted by molar-refractivity contribution is 7.92. The molecule has 0 aliphatic carbocycles. The molecule has 2 N–H and O–H groups in total. The smallest absolute Gasteiger partial charge is 0.261 e. The average Bonchev–Trinajstić information content (AvgIpc) is 2.83. The van der Waals surface area contributed by atoms with Gasteiger partial charge in [-0.05, 0) is 54.5 Å². The third kappa shape index (κ3) is 6.81. The molecule has 0 saturated carbocycles. The molecule has 0 aliphatic heterocycles. The number of para-hydroxylation sites is 1. The molecule has 8 heteroatoms. The maximum Gasteiger partial charge on any atom is 0.261 e. The highest BCUT2D eigenvalue weighted by atomic mass is 35.5. The molecular weight excluding hydrogens is 458 g/mol. The number of hydrogen-bond donors (Lipinski definition) is 2. The van der Waals surface area contributed by atoms with Crippen molar-refractivity contribution in [1.29, 1.82) is 0 Å². The lowest BCUT2D eigenvalue weighted by atomic mass is 10.1. The van der Waals surface area contributed by atoms with Crippen molar-refractivity contribution in [3.8, 4) is 0 Å². The van der Waals surface area contributed by atoms with Crippen LogP contribution in [0.3, 0.4) is 0 Å². The molecule has 3 aromatic rings. The fourth-order valence-corrected chi connectivity index (χ4v) is 4.67. The van der Waals surface area contributed by atoms with Gasteiger partial charge in [0.25, 0.3) is 15.9 Å². The third-order valence-electron chi connectivity index (χ3n) is 5.30. The van der Waals surface area contributed by atoms with E-state index in [2.05, 4.69) is 40.9 Å². The van der Waals surface area contributed by atoms with Gasteiger partial charge in [0.2, 0.25) is 0 Å². The Morgan fingerprint density at radius 1 is 0.909 bits per heavy atom. The SMILES string of the molecule is CCN(CC)Cc1ccc(CNC(=O)c2cccc(S(=O)(=O)Nc3ccccc3Cl)c2)cc1. The molecule has 174 valence electrons. The van der Waals surface area contributed by atoms with Crippen molar-refractivity contribution >= 4 is 33.2 Å². The molecule has 0 aromatic heterocycles. The Hall–Kier alpha value is -2.87. The first-order valence-corrected chi connectivity index (χ1v) is 12.6. The van der Waals surface area contributed by atoms with Gasteiger partial charge >= 0.3 is 0 Å². The van der Waals surface area contributed by atoms with Gasteiger partial charge in [-0.25, -0.2) is 8.42 Å². The maximum atomic E-state index is 12.8. The van der Waals surface area contributed by atoms with E-state index in [0.717, 1.165) is 25.2 Å². The number of sulfonamides is 1. The molecular formula is C25H28ClN3O3S. The van der Waals surface area contributed by atoms with Crippen molar-refractivity contribution in [3.63, 3.8) is 0 Å². The number of carbonyl (C=O) groups is 1. The van der Waals surface area contributed by atoms with Crippen LogP contribution in [-0.4, -0.2) is 32.3 Å². The minimum atomic E-state index is -3.90. The van der Waals surface area contributed by atoms with Crippen molar-refractivity contribution in [3.05, 3.63) is 94.5 Å². The van der Waals surface area contributed by atoms with Crippen LogP contribution in [-0.2, 0) is 23.1 Å². The number of nitrogens with zero attached hydrogens (tertiary/aromatic N) is 1. The first-order chi connectivity index (χ1) is 15.8. The van der Waals surface area contributed by atoms with Gasteiger partial charge in [-0.2, -0.15) is 0 Å². The van der Waals surface area contributed by atoms with Crippen molar-refractivity contribution < 1.29 is 13.2 Å². The minimum Gasteiger partial charge on any atom is -0.348 e. The van der Waals surface area contributed by atoms with Gasteiger partial charge in [-0.1, -0.05) is 67.9 Å². The third-order valence-corrected chi connectivity index (χ3v) is 6.99. The fourth-order valence-electron chi connectivity index (χ4n) is 3.30. The summed E-state index contributed by atoms with van der Waals surface area (Å²) in [5, 5.41) is 3.14. The van der Waals surface area contributed by atoms with E-state index in [1.807, 2.05) is 12.1 Å². The molecule has 3 rings (SSSR count). The van der Waals surface area contributed by atoms with Crippen molar-refractivity contribution in [2.45, 2.75) is 31.8 Å². The van der Waals surface area contributed by atoms with Gasteiger partial charge in [0.1, 0.15) is 0 Å². The van der Waals surface area contributed by atoms with Gasteiger partial charge in [0.15, 0.2) is 0 Å². The van der Waals surface area contributed by atoms with Crippen molar-refractivity contribution in [1.82, 2.24) is 10.2 Å². The predicted octanol–water partition coefficient (Wildman–Crippen LogP) is 4.91. The first-order valence-electron chi connectivity index (χ1n) is 10.8. The Balaban J connectivity index is 1.64. The highest BCUT2D eigenvalue weighted by Gasteiger charge is 2.17. The summed E-state index contributed by atoms with van der Waals surface area (Å²) in [4.78, 5) is 15.0. The molecule has 0 fully saturated rings. The summed E-state index contributed by atoms with van der Waals surface area (Å²) in [6.07, 6.45) is 0. The van der Waals surface area contributed by atoms with Crippen LogP contribution in [0.15, 0.2) is 77.7 Å². The van der Waals surface area contributed by atoms with Crippen LogP contribution >= 0.6 is 11.6 Å². The quantitative estimate of drug-likeness (QED) is 0.427. The zero-order valence-electron chi connectivity index (χ0n) is 18.7. The number of hydrogen-bond acceptors (Lipinski definition) is 4. The van der Waals surface area contributed by atoms with Crippen LogP contribution in [0, 0.1) is 0 Å². The largest absolute Gasteiger partial charge is 0.348 e. The molecule has 0 aliphatic rings. The minimum absolute atomic E-state index is 0.0178. The summed E-state index contributed by atoms with van der Waals surface area (Å²) in [6.45, 7) is 7.51. The second-order valence-corrected chi connectivity index (χ2v) is 9.66. The van der Waals surface area contributed by atoms with Crippen LogP contribution < -0.4 is 10.0 Å². The van der Waals surface area contributed by atoms with Gasteiger partial charge in [-0.3, -0.25) is 14.4 Å². The lowest BCUT2D eigenvalue weighted by Crippen LogP contribution is -2.23. The van der Waals surface area contributed by atoms with Gasteiger partial charge in [0, 0.05) is 18.7 Å². The van der Waals surface area contributed by atoms with Crippen LogP contribution in [0.1, 0.15) is 35.3 Å². The number of nitrogens with one attached hydrogen (secondary N) is 2. The van der Waals surface area contributed by atoms with Gasteiger partial charge in [0.05, 0.1) is 15.6 Å². The van der Waals surface area contributed by atoms with E-state index >= 15 is 0 Å². The number of amides is 1. The fraction of sp³-hybridized carbons (Fsp3) is 0.240. The van der Waals surface area contributed by atoms with Crippen LogP contribution in [0.5, 0.6) is 0 Å². The van der Waals surface area contributed by atoms with E-state index in [-0.39, 0.29) is 27.1 Å². The van der Waals surface area contributed by atoms with Crippen molar-refractivity contribution in [2.75, 3.05) is 17.8 Å². The summed E-state index contributed by atoms with van der Waals surface area (Å²) >= 11 is 6.05. The normalized spacial score (nSPS) is 11.4. The van der Waals surface area contributed by atoms with E-state index in [9.17, 15) is 13.2 Å². The van der Waals surface area contributed by atoms with E-state index in [1.54, 1.807) is 30.3 Å². The lowest BCUT2D eigenvalue weighted by molar-refractivity contribution is 0.0950. The molecule has 0 spiro atoms. The second kappa shape index (κ2) is 11.3. The monoisotopic (exact) mass is 485 g/mol. The summed E-state index contributed by atoms with van der Waals surface area (Å²) < 4.78 is 28.0. The number of benzene rings is 3. The van der Waals surface area contributed by atoms with E-state index in [0.29, 0.717) is 6.54 Å². The molecule has 1 amide bonds. The Morgan fingerprint density at radius 3 is 2.24 bits per heavy atom. The predicted molar refractivity (Wildman–Crippen MR) is 133 cm³/mol. The van der Waals surface area contributed by atoms with E-state index < -0.39 is 10.0 Å². The van der Waals surface area contributed by atoms with Gasteiger partial charge < -0.3 is 5.32 Å². The molecule has 33 heavy (non-hydrogen) atoms. The van der Waals surface area contributed by atoms with E-state index in [4.69, 9.17) is 11.6 Å². The highest BCUT2D eigenvalue weighted by Crippen LogP contribution is 2.24. The molecule has 0 radical (unpaired) electrons. The summed E-state index contributed by atoms with van der Waals surface area (Å²) in [7, 11) is -3.90. The molecule has 0 saturated heterocycles. The summed E-state index contributed by atoms with van der Waals surface area (Å²) in [5.41, 5.74) is 2.72. The van der Waals surface area contributed by atoms with Crippen molar-refractivity contribution in [2.24, 2.45) is 0 Å². The molecule has 0 unspecified atom stereocenters.